The maximum absolute atomic E-state index is 6.00. The van der Waals surface area contributed by atoms with Gasteiger partial charge in [0.15, 0.2) is 0 Å². The van der Waals surface area contributed by atoms with Gasteiger partial charge >= 0.3 is 0 Å². The molecule has 0 bridgehead atoms. The summed E-state index contributed by atoms with van der Waals surface area (Å²) in [4.78, 5) is 8.93. The molecule has 1 aromatic heterocycles. The number of hydrogen-bond donors (Lipinski definition) is 1. The maximum Gasteiger partial charge on any atom is 0.0738 e. The summed E-state index contributed by atoms with van der Waals surface area (Å²) in [5.74, 6) is 0. The molecule has 0 amide bonds. The summed E-state index contributed by atoms with van der Waals surface area (Å²) >= 11 is 0. The normalized spacial score (nSPS) is 24.8. The molecule has 1 atom stereocenters. The van der Waals surface area contributed by atoms with E-state index in [1.54, 1.807) is 6.20 Å². The van der Waals surface area contributed by atoms with E-state index < -0.39 is 0 Å². The Bertz CT molecular complexity index is 426. The molecular weight excluding hydrogens is 252 g/mol. The van der Waals surface area contributed by atoms with Crippen molar-refractivity contribution in [1.29, 1.82) is 0 Å². The lowest BCUT2D eigenvalue weighted by Gasteiger charge is -2.38. The van der Waals surface area contributed by atoms with Crippen molar-refractivity contribution in [2.24, 2.45) is 0 Å². The predicted molar refractivity (Wildman–Crippen MR) is 80.9 cm³/mol. The Morgan fingerprint density at radius 3 is 2.80 bits per heavy atom. The molecule has 0 spiro atoms. The van der Waals surface area contributed by atoms with Gasteiger partial charge in [0, 0.05) is 45.5 Å². The van der Waals surface area contributed by atoms with Gasteiger partial charge in [-0.25, -0.2) is 0 Å². The van der Waals surface area contributed by atoms with Crippen LogP contribution in [0.15, 0.2) is 18.5 Å². The molecule has 5 nitrogen and oxygen atoms in total. The van der Waals surface area contributed by atoms with Crippen LogP contribution in [0.2, 0.25) is 0 Å². The van der Waals surface area contributed by atoms with Crippen LogP contribution in [0.4, 0.5) is 11.4 Å². The van der Waals surface area contributed by atoms with Crippen molar-refractivity contribution in [3.63, 3.8) is 0 Å². The van der Waals surface area contributed by atoms with E-state index >= 15 is 0 Å². The maximum atomic E-state index is 6.00. The summed E-state index contributed by atoms with van der Waals surface area (Å²) in [6.07, 6.45) is 7.76. The second kappa shape index (κ2) is 6.41. The summed E-state index contributed by atoms with van der Waals surface area (Å²) in [5.41, 5.74) is 7.89. The Balaban J connectivity index is 1.50. The molecule has 0 saturated carbocycles. The van der Waals surface area contributed by atoms with Crippen LogP contribution in [0.25, 0.3) is 0 Å². The van der Waals surface area contributed by atoms with Crippen molar-refractivity contribution in [3.8, 4) is 0 Å². The third kappa shape index (κ3) is 3.22. The van der Waals surface area contributed by atoms with Gasteiger partial charge in [0.05, 0.1) is 23.7 Å². The molecule has 2 fully saturated rings. The Morgan fingerprint density at radius 2 is 2.10 bits per heavy atom. The average molecular weight is 276 g/mol. The number of nitrogens with zero attached hydrogens (tertiary/aromatic N) is 3. The highest BCUT2D eigenvalue weighted by atomic mass is 16.5. The van der Waals surface area contributed by atoms with Gasteiger partial charge < -0.3 is 15.4 Å². The van der Waals surface area contributed by atoms with Gasteiger partial charge in [-0.15, -0.1) is 0 Å². The van der Waals surface area contributed by atoms with Crippen molar-refractivity contribution >= 4 is 11.4 Å². The van der Waals surface area contributed by atoms with Gasteiger partial charge in [0.2, 0.25) is 0 Å². The molecule has 2 aliphatic rings. The fourth-order valence-electron chi connectivity index (χ4n) is 3.10. The average Bonchev–Trinajstić information content (AvgIpc) is 2.50. The fraction of sp³-hybridized carbons (Fsp3) is 0.667. The van der Waals surface area contributed by atoms with Crippen LogP contribution in [-0.4, -0.2) is 55.3 Å². The van der Waals surface area contributed by atoms with Crippen LogP contribution in [0.5, 0.6) is 0 Å². The Labute approximate surface area is 120 Å². The van der Waals surface area contributed by atoms with E-state index in [1.807, 2.05) is 12.3 Å². The van der Waals surface area contributed by atoms with E-state index in [-0.39, 0.29) is 0 Å². The van der Waals surface area contributed by atoms with Gasteiger partial charge in [-0.05, 0) is 25.3 Å². The molecule has 5 heteroatoms. The molecule has 1 aromatic rings. The lowest BCUT2D eigenvalue weighted by Crippen LogP contribution is -2.49. The molecule has 110 valence electrons. The lowest BCUT2D eigenvalue weighted by atomic mass is 10.1. The zero-order valence-corrected chi connectivity index (χ0v) is 12.0. The van der Waals surface area contributed by atoms with Crippen molar-refractivity contribution < 1.29 is 4.74 Å². The number of hydrogen-bond acceptors (Lipinski definition) is 5. The molecule has 2 N–H and O–H groups in total. The molecular formula is C15H24N4O. The second-order valence-corrected chi connectivity index (χ2v) is 5.71. The zero-order valence-electron chi connectivity index (χ0n) is 12.0. The van der Waals surface area contributed by atoms with Gasteiger partial charge in [-0.2, -0.15) is 0 Å². The number of anilines is 2. The third-order valence-electron chi connectivity index (χ3n) is 4.28. The van der Waals surface area contributed by atoms with E-state index in [1.165, 1.54) is 19.3 Å². The van der Waals surface area contributed by atoms with Crippen molar-refractivity contribution in [2.75, 3.05) is 50.0 Å². The molecule has 20 heavy (non-hydrogen) atoms. The van der Waals surface area contributed by atoms with Gasteiger partial charge in [0.25, 0.3) is 0 Å². The first kappa shape index (κ1) is 13.6. The lowest BCUT2D eigenvalue weighted by molar-refractivity contribution is -0.00644. The van der Waals surface area contributed by atoms with Gasteiger partial charge in [-0.3, -0.25) is 9.88 Å². The van der Waals surface area contributed by atoms with Crippen LogP contribution >= 0.6 is 0 Å². The second-order valence-electron chi connectivity index (χ2n) is 5.71. The molecule has 0 aliphatic carbocycles. The summed E-state index contributed by atoms with van der Waals surface area (Å²) in [6, 6.07) is 2.01. The van der Waals surface area contributed by atoms with Crippen LogP contribution in [-0.2, 0) is 4.74 Å². The zero-order chi connectivity index (χ0) is 13.8. The quantitative estimate of drug-likeness (QED) is 0.903. The Hall–Kier alpha value is -1.33. The number of rotatable bonds is 3. The van der Waals surface area contributed by atoms with Gasteiger partial charge in [-0.1, -0.05) is 0 Å². The Morgan fingerprint density at radius 1 is 1.25 bits per heavy atom. The van der Waals surface area contributed by atoms with E-state index in [0.29, 0.717) is 6.10 Å². The van der Waals surface area contributed by atoms with E-state index in [9.17, 15) is 0 Å². The highest BCUT2D eigenvalue weighted by Gasteiger charge is 2.22. The number of piperazine rings is 1. The minimum atomic E-state index is 0.446. The van der Waals surface area contributed by atoms with E-state index in [0.717, 1.165) is 50.7 Å². The molecule has 3 rings (SSSR count). The number of ether oxygens (including phenoxy) is 1. The van der Waals surface area contributed by atoms with Crippen LogP contribution < -0.4 is 10.6 Å². The first-order chi connectivity index (χ1) is 9.83. The van der Waals surface area contributed by atoms with E-state index in [4.69, 9.17) is 10.5 Å². The fourth-order valence-corrected chi connectivity index (χ4v) is 3.10. The van der Waals surface area contributed by atoms with Crippen molar-refractivity contribution in [3.05, 3.63) is 18.5 Å². The molecule has 2 aliphatic heterocycles. The molecule has 3 heterocycles. The van der Waals surface area contributed by atoms with Crippen molar-refractivity contribution in [1.82, 2.24) is 9.88 Å². The SMILES string of the molecule is Nc1cnccc1N1CCN(CC2CCCCO2)CC1. The number of aromatic nitrogens is 1. The number of nitrogen functional groups attached to an aromatic ring is 1. The van der Waals surface area contributed by atoms with Crippen molar-refractivity contribution in [2.45, 2.75) is 25.4 Å². The number of nitrogens with two attached hydrogens (primary N) is 1. The highest BCUT2D eigenvalue weighted by Crippen LogP contribution is 2.23. The van der Waals surface area contributed by atoms with E-state index in [2.05, 4.69) is 14.8 Å². The molecule has 0 radical (unpaired) electrons. The summed E-state index contributed by atoms with van der Waals surface area (Å²) in [7, 11) is 0. The van der Waals surface area contributed by atoms with Crippen LogP contribution in [0, 0.1) is 0 Å². The summed E-state index contributed by atoms with van der Waals surface area (Å²) in [6.45, 7) is 6.25. The monoisotopic (exact) mass is 276 g/mol. The third-order valence-corrected chi connectivity index (χ3v) is 4.28. The topological polar surface area (TPSA) is 54.6 Å². The highest BCUT2D eigenvalue weighted by molar-refractivity contribution is 5.66. The molecule has 2 saturated heterocycles. The Kier molecular flexibility index (Phi) is 4.38. The first-order valence-corrected chi connectivity index (χ1v) is 7.61. The minimum Gasteiger partial charge on any atom is -0.396 e. The summed E-state index contributed by atoms with van der Waals surface area (Å²) < 4.78 is 5.83. The largest absolute Gasteiger partial charge is 0.396 e. The predicted octanol–water partition coefficient (Wildman–Crippen LogP) is 1.35. The van der Waals surface area contributed by atoms with Gasteiger partial charge in [0.1, 0.15) is 0 Å². The smallest absolute Gasteiger partial charge is 0.0738 e. The number of pyridine rings is 1. The standard InChI is InChI=1S/C15H24N4O/c16-14-11-17-5-4-15(14)19-8-6-18(7-9-19)12-13-3-1-2-10-20-13/h4-5,11,13H,1-3,6-10,12,16H2. The summed E-state index contributed by atoms with van der Waals surface area (Å²) in [5, 5.41) is 0. The van der Waals surface area contributed by atoms with Crippen LogP contribution in [0.1, 0.15) is 19.3 Å². The first-order valence-electron chi connectivity index (χ1n) is 7.61. The van der Waals surface area contributed by atoms with Crippen LogP contribution in [0.3, 0.4) is 0 Å². The molecule has 0 aromatic carbocycles. The molecule has 1 unspecified atom stereocenters. The minimum absolute atomic E-state index is 0.446.